The van der Waals surface area contributed by atoms with Gasteiger partial charge in [-0.25, -0.2) is 9.59 Å². The van der Waals surface area contributed by atoms with E-state index >= 15 is 0 Å². The Hall–Kier alpha value is -2.41. The zero-order chi connectivity index (χ0) is 21.8. The van der Waals surface area contributed by atoms with Gasteiger partial charge in [0.25, 0.3) is 0 Å². The highest BCUT2D eigenvalue weighted by molar-refractivity contribution is 6.35. The number of esters is 1. The molecular formula is C21H19Cl3N2O4. The van der Waals surface area contributed by atoms with E-state index in [4.69, 9.17) is 44.3 Å². The number of halogens is 3. The monoisotopic (exact) mass is 468 g/mol. The number of carbonyl (C=O) groups excluding carboxylic acids is 2. The predicted molar refractivity (Wildman–Crippen MR) is 116 cm³/mol. The maximum atomic E-state index is 12.9. The van der Waals surface area contributed by atoms with Crippen LogP contribution in [0.4, 0.5) is 4.79 Å². The lowest BCUT2D eigenvalue weighted by Gasteiger charge is -2.34. The summed E-state index contributed by atoms with van der Waals surface area (Å²) in [4.78, 5) is 26.8. The van der Waals surface area contributed by atoms with Gasteiger partial charge in [0.15, 0.2) is 0 Å². The minimum absolute atomic E-state index is 0.0554. The van der Waals surface area contributed by atoms with E-state index in [0.717, 1.165) is 0 Å². The summed E-state index contributed by atoms with van der Waals surface area (Å²) in [5.41, 5.74) is 1.10. The van der Waals surface area contributed by atoms with Crippen LogP contribution in [-0.4, -0.2) is 37.2 Å². The van der Waals surface area contributed by atoms with Crippen LogP contribution in [0.25, 0.3) is 0 Å². The van der Waals surface area contributed by atoms with Gasteiger partial charge < -0.3 is 14.8 Å². The molecule has 0 fully saturated rings. The highest BCUT2D eigenvalue weighted by atomic mass is 35.5. The predicted octanol–water partition coefficient (Wildman–Crippen LogP) is 5.24. The summed E-state index contributed by atoms with van der Waals surface area (Å²) in [6, 6.07) is 10.4. The first-order chi connectivity index (χ1) is 14.3. The average molecular weight is 470 g/mol. The van der Waals surface area contributed by atoms with E-state index in [1.54, 1.807) is 56.4 Å². The van der Waals surface area contributed by atoms with Crippen LogP contribution in [-0.2, 0) is 9.53 Å². The Morgan fingerprint density at radius 3 is 2.53 bits per heavy atom. The molecular weight excluding hydrogens is 451 g/mol. The largest absolute Gasteiger partial charge is 0.487 e. The lowest BCUT2D eigenvalue weighted by molar-refractivity contribution is -0.139. The van der Waals surface area contributed by atoms with Crippen molar-refractivity contribution in [1.82, 2.24) is 10.2 Å². The number of amides is 2. The summed E-state index contributed by atoms with van der Waals surface area (Å²) in [7, 11) is 1.55. The van der Waals surface area contributed by atoms with Gasteiger partial charge in [0, 0.05) is 22.1 Å². The number of rotatable bonds is 6. The second-order valence-corrected chi connectivity index (χ2v) is 7.71. The number of benzene rings is 2. The van der Waals surface area contributed by atoms with Crippen molar-refractivity contribution in [3.8, 4) is 5.75 Å². The Bertz CT molecular complexity index is 1010. The lowest BCUT2D eigenvalue weighted by atomic mass is 9.94. The van der Waals surface area contributed by atoms with Gasteiger partial charge >= 0.3 is 12.0 Å². The van der Waals surface area contributed by atoms with Crippen LogP contribution in [0.1, 0.15) is 18.5 Å². The highest BCUT2D eigenvalue weighted by Gasteiger charge is 2.38. The summed E-state index contributed by atoms with van der Waals surface area (Å²) in [5, 5.41) is 4.05. The average Bonchev–Trinajstić information content (AvgIpc) is 2.69. The van der Waals surface area contributed by atoms with E-state index in [2.05, 4.69) is 5.32 Å². The SMILES string of the molecule is CCOC(=O)C1=C(COc2cccc(Cl)c2)N(C)C(=O)N[C@@H]1c1ccc(Cl)cc1Cl. The number of urea groups is 1. The maximum absolute atomic E-state index is 12.9. The molecule has 1 N–H and O–H groups in total. The Morgan fingerprint density at radius 1 is 1.13 bits per heavy atom. The number of carbonyl (C=O) groups is 2. The number of ether oxygens (including phenoxy) is 2. The maximum Gasteiger partial charge on any atom is 0.338 e. The smallest absolute Gasteiger partial charge is 0.338 e. The van der Waals surface area contributed by atoms with Crippen molar-refractivity contribution in [2.45, 2.75) is 13.0 Å². The second-order valence-electron chi connectivity index (χ2n) is 6.43. The molecule has 0 bridgehead atoms. The molecule has 1 atom stereocenters. The minimum atomic E-state index is -0.824. The van der Waals surface area contributed by atoms with E-state index in [1.807, 2.05) is 0 Å². The first kappa shape index (κ1) is 22.3. The van der Waals surface area contributed by atoms with Gasteiger partial charge in [-0.3, -0.25) is 4.90 Å². The molecule has 0 radical (unpaired) electrons. The molecule has 1 aliphatic heterocycles. The van der Waals surface area contributed by atoms with Crippen LogP contribution in [0.5, 0.6) is 5.75 Å². The Labute approximate surface area is 189 Å². The van der Waals surface area contributed by atoms with Gasteiger partial charge in [-0.05, 0) is 42.8 Å². The summed E-state index contributed by atoms with van der Waals surface area (Å²) in [6.45, 7) is 1.82. The molecule has 0 aliphatic carbocycles. The van der Waals surface area contributed by atoms with E-state index < -0.39 is 18.0 Å². The quantitative estimate of drug-likeness (QED) is 0.588. The third-order valence-corrected chi connectivity index (χ3v) is 5.31. The molecule has 2 aromatic carbocycles. The normalized spacial score (nSPS) is 16.4. The standard InChI is InChI=1S/C21H19Cl3N2O4/c1-3-29-20(27)18-17(11-30-14-6-4-5-12(22)9-14)26(2)21(28)25-19(18)15-8-7-13(23)10-16(15)24/h4-10,19H,3,11H2,1-2H3,(H,25,28)/t19-/m1/s1. The first-order valence-electron chi connectivity index (χ1n) is 9.09. The topological polar surface area (TPSA) is 67.9 Å². The molecule has 30 heavy (non-hydrogen) atoms. The van der Waals surface area contributed by atoms with E-state index in [0.29, 0.717) is 32.1 Å². The fourth-order valence-electron chi connectivity index (χ4n) is 3.06. The molecule has 9 heteroatoms. The third kappa shape index (κ3) is 4.83. The zero-order valence-corrected chi connectivity index (χ0v) is 18.5. The Kier molecular flexibility index (Phi) is 7.13. The number of likely N-dealkylation sites (N-methyl/N-ethyl adjacent to an activating group) is 1. The van der Waals surface area contributed by atoms with Crippen molar-refractivity contribution in [2.75, 3.05) is 20.3 Å². The van der Waals surface area contributed by atoms with Crippen molar-refractivity contribution in [3.05, 3.63) is 74.4 Å². The first-order valence-corrected chi connectivity index (χ1v) is 10.2. The Morgan fingerprint density at radius 2 is 1.87 bits per heavy atom. The van der Waals surface area contributed by atoms with Crippen molar-refractivity contribution < 1.29 is 19.1 Å². The van der Waals surface area contributed by atoms with Gasteiger partial charge in [0.05, 0.1) is 23.9 Å². The molecule has 2 amide bonds. The van der Waals surface area contributed by atoms with Crippen LogP contribution < -0.4 is 10.1 Å². The summed E-state index contributed by atoms with van der Waals surface area (Å²) in [6.07, 6.45) is 0. The van der Waals surface area contributed by atoms with E-state index in [9.17, 15) is 9.59 Å². The molecule has 6 nitrogen and oxygen atoms in total. The van der Waals surface area contributed by atoms with Crippen LogP contribution in [0.2, 0.25) is 15.1 Å². The second kappa shape index (κ2) is 9.60. The number of hydrogen-bond donors (Lipinski definition) is 1. The summed E-state index contributed by atoms with van der Waals surface area (Å²) in [5.74, 6) is -0.0799. The third-order valence-electron chi connectivity index (χ3n) is 4.52. The van der Waals surface area contributed by atoms with Crippen LogP contribution in [0.3, 0.4) is 0 Å². The molecule has 0 saturated heterocycles. The van der Waals surface area contributed by atoms with Gasteiger partial charge in [-0.2, -0.15) is 0 Å². The van der Waals surface area contributed by atoms with Gasteiger partial charge in [0.2, 0.25) is 0 Å². The highest BCUT2D eigenvalue weighted by Crippen LogP contribution is 2.36. The van der Waals surface area contributed by atoms with Crippen LogP contribution in [0.15, 0.2) is 53.7 Å². The fourth-order valence-corrected chi connectivity index (χ4v) is 3.76. The summed E-state index contributed by atoms with van der Waals surface area (Å²) < 4.78 is 11.1. The van der Waals surface area contributed by atoms with Crippen LogP contribution >= 0.6 is 34.8 Å². The van der Waals surface area contributed by atoms with Crippen molar-refractivity contribution in [3.63, 3.8) is 0 Å². The van der Waals surface area contributed by atoms with Gasteiger partial charge in [-0.1, -0.05) is 46.9 Å². The molecule has 0 spiro atoms. The Balaban J connectivity index is 2.06. The number of nitrogens with one attached hydrogen (secondary N) is 1. The summed E-state index contributed by atoms with van der Waals surface area (Å²) >= 11 is 18.4. The van der Waals surface area contributed by atoms with Gasteiger partial charge in [-0.15, -0.1) is 0 Å². The zero-order valence-electron chi connectivity index (χ0n) is 16.2. The molecule has 3 rings (SSSR count). The molecule has 0 unspecified atom stereocenters. The molecule has 0 saturated carbocycles. The molecule has 0 aromatic heterocycles. The number of nitrogens with zero attached hydrogens (tertiary/aromatic N) is 1. The lowest BCUT2D eigenvalue weighted by Crippen LogP contribution is -2.48. The van der Waals surface area contributed by atoms with Gasteiger partial charge in [0.1, 0.15) is 12.4 Å². The molecule has 1 aliphatic rings. The molecule has 158 valence electrons. The van der Waals surface area contributed by atoms with Crippen LogP contribution in [0, 0.1) is 0 Å². The number of hydrogen-bond acceptors (Lipinski definition) is 4. The van der Waals surface area contributed by atoms with Crippen molar-refractivity contribution >= 4 is 46.8 Å². The molecule has 1 heterocycles. The minimum Gasteiger partial charge on any atom is -0.487 e. The van der Waals surface area contributed by atoms with Crippen molar-refractivity contribution in [2.24, 2.45) is 0 Å². The van der Waals surface area contributed by atoms with E-state index in [-0.39, 0.29) is 18.8 Å². The molecule has 2 aromatic rings. The van der Waals surface area contributed by atoms with E-state index in [1.165, 1.54) is 4.90 Å². The fraction of sp³-hybridized carbons (Fsp3) is 0.238. The van der Waals surface area contributed by atoms with Crippen molar-refractivity contribution in [1.29, 1.82) is 0 Å².